The molecule has 1 heterocycles. The summed E-state index contributed by atoms with van der Waals surface area (Å²) in [5.74, 6) is -3.92. The van der Waals surface area contributed by atoms with Crippen molar-refractivity contribution in [2.24, 2.45) is 0 Å². The first kappa shape index (κ1) is 19.7. The highest BCUT2D eigenvalue weighted by Gasteiger charge is 2.51. The van der Waals surface area contributed by atoms with Crippen LogP contribution in [0.25, 0.3) is 0 Å². The molecular weight excluding hydrogens is 364 g/mol. The average molecular weight is 384 g/mol. The minimum atomic E-state index is -2.09. The summed E-state index contributed by atoms with van der Waals surface area (Å²) in [5, 5.41) is 10.4. The van der Waals surface area contributed by atoms with Gasteiger partial charge in [0.25, 0.3) is 0 Å². The molecule has 0 spiro atoms. The van der Waals surface area contributed by atoms with Crippen LogP contribution in [0.2, 0.25) is 0 Å². The number of benzene rings is 2. The summed E-state index contributed by atoms with van der Waals surface area (Å²) in [6, 6.07) is 16.6. The fourth-order valence-electron chi connectivity index (χ4n) is 2.86. The minimum Gasteiger partial charge on any atom is -0.459 e. The number of carbonyl (C=O) groups excluding carboxylic acids is 3. The van der Waals surface area contributed by atoms with Crippen LogP contribution in [0.3, 0.4) is 0 Å². The summed E-state index contributed by atoms with van der Waals surface area (Å²) in [7, 11) is 0. The van der Waals surface area contributed by atoms with Crippen molar-refractivity contribution in [2.75, 3.05) is 6.61 Å². The van der Waals surface area contributed by atoms with E-state index in [9.17, 15) is 19.5 Å². The largest absolute Gasteiger partial charge is 0.459 e. The highest BCUT2D eigenvalue weighted by molar-refractivity contribution is 5.90. The second kappa shape index (κ2) is 8.33. The monoisotopic (exact) mass is 384 g/mol. The van der Waals surface area contributed by atoms with Crippen LogP contribution < -0.4 is 0 Å². The van der Waals surface area contributed by atoms with Crippen LogP contribution in [0.1, 0.15) is 34.1 Å². The van der Waals surface area contributed by atoms with Gasteiger partial charge in [-0.25, -0.2) is 9.59 Å². The normalized spacial score (nSPS) is 23.8. The molecule has 2 aromatic carbocycles. The third-order valence-electron chi connectivity index (χ3n) is 4.45. The number of hydrogen-bond donors (Lipinski definition) is 1. The number of ether oxygens (including phenoxy) is 3. The fourth-order valence-corrected chi connectivity index (χ4v) is 2.86. The number of esters is 2. The Morgan fingerprint density at radius 2 is 1.54 bits per heavy atom. The molecular formula is C21H20O7. The molecule has 0 saturated carbocycles. The van der Waals surface area contributed by atoms with Crippen molar-refractivity contribution < 1.29 is 33.7 Å². The van der Waals surface area contributed by atoms with Crippen LogP contribution >= 0.6 is 0 Å². The molecule has 3 atom stereocenters. The van der Waals surface area contributed by atoms with E-state index in [0.29, 0.717) is 11.1 Å². The zero-order valence-electron chi connectivity index (χ0n) is 15.2. The van der Waals surface area contributed by atoms with Crippen molar-refractivity contribution in [3.05, 3.63) is 71.8 Å². The summed E-state index contributed by atoms with van der Waals surface area (Å²) in [4.78, 5) is 36.2. The highest BCUT2D eigenvalue weighted by Crippen LogP contribution is 2.32. The Morgan fingerprint density at radius 1 is 1.00 bits per heavy atom. The van der Waals surface area contributed by atoms with Crippen LogP contribution in [0.5, 0.6) is 0 Å². The van der Waals surface area contributed by atoms with Crippen LogP contribution in [0, 0.1) is 0 Å². The van der Waals surface area contributed by atoms with Gasteiger partial charge < -0.3 is 19.3 Å². The van der Waals surface area contributed by atoms with E-state index in [0.717, 1.165) is 0 Å². The van der Waals surface area contributed by atoms with Crippen LogP contribution in [-0.2, 0) is 19.0 Å². The predicted molar refractivity (Wildman–Crippen MR) is 97.5 cm³/mol. The van der Waals surface area contributed by atoms with Gasteiger partial charge in [-0.05, 0) is 24.3 Å². The molecule has 1 aliphatic rings. The van der Waals surface area contributed by atoms with E-state index in [-0.39, 0.29) is 13.0 Å². The number of carbonyl (C=O) groups is 3. The molecule has 0 bridgehead atoms. The molecule has 2 aromatic rings. The third-order valence-corrected chi connectivity index (χ3v) is 4.45. The van der Waals surface area contributed by atoms with Gasteiger partial charge in [0.1, 0.15) is 18.8 Å². The molecule has 1 fully saturated rings. The molecule has 146 valence electrons. The minimum absolute atomic E-state index is 0.242. The van der Waals surface area contributed by atoms with E-state index in [4.69, 9.17) is 14.2 Å². The molecule has 7 heteroatoms. The second-order valence-electron chi connectivity index (χ2n) is 6.48. The molecule has 0 radical (unpaired) electrons. The summed E-state index contributed by atoms with van der Waals surface area (Å²) in [6.45, 7) is 0.893. The zero-order valence-corrected chi connectivity index (χ0v) is 15.2. The lowest BCUT2D eigenvalue weighted by molar-refractivity contribution is -0.200. The van der Waals surface area contributed by atoms with E-state index < -0.39 is 35.7 Å². The fraction of sp³-hybridized carbons (Fsp3) is 0.286. The van der Waals surface area contributed by atoms with Crippen LogP contribution in [0.4, 0.5) is 0 Å². The van der Waals surface area contributed by atoms with Gasteiger partial charge in [-0.2, -0.15) is 0 Å². The van der Waals surface area contributed by atoms with Crippen molar-refractivity contribution in [3.8, 4) is 0 Å². The second-order valence-corrected chi connectivity index (χ2v) is 6.48. The SMILES string of the molecule is CC(=O)C1(O)CC(OC(=O)c2ccccc2)C(COC(=O)c2ccccc2)O1. The molecule has 1 N–H and O–H groups in total. The van der Waals surface area contributed by atoms with Gasteiger partial charge in [0, 0.05) is 13.3 Å². The lowest BCUT2D eigenvalue weighted by Gasteiger charge is -2.19. The maximum Gasteiger partial charge on any atom is 0.338 e. The Bertz CT molecular complexity index is 850. The summed E-state index contributed by atoms with van der Waals surface area (Å²) in [5.41, 5.74) is 0.668. The van der Waals surface area contributed by atoms with Crippen LogP contribution in [0.15, 0.2) is 60.7 Å². The smallest absolute Gasteiger partial charge is 0.338 e. The third kappa shape index (κ3) is 4.44. The van der Waals surface area contributed by atoms with Gasteiger partial charge in [0.05, 0.1) is 11.1 Å². The Kier molecular flexibility index (Phi) is 5.87. The van der Waals surface area contributed by atoms with Gasteiger partial charge in [0.15, 0.2) is 5.78 Å². The van der Waals surface area contributed by atoms with Crippen molar-refractivity contribution >= 4 is 17.7 Å². The van der Waals surface area contributed by atoms with Gasteiger partial charge in [0.2, 0.25) is 5.79 Å². The van der Waals surface area contributed by atoms with Crippen molar-refractivity contribution in [1.82, 2.24) is 0 Å². The van der Waals surface area contributed by atoms with Gasteiger partial charge in [-0.3, -0.25) is 4.79 Å². The molecule has 28 heavy (non-hydrogen) atoms. The van der Waals surface area contributed by atoms with E-state index in [2.05, 4.69) is 0 Å². The number of ketones is 1. The molecule has 3 unspecified atom stereocenters. The van der Waals surface area contributed by atoms with Crippen molar-refractivity contribution in [2.45, 2.75) is 31.3 Å². The average Bonchev–Trinajstić information content (AvgIpc) is 3.04. The van der Waals surface area contributed by atoms with Crippen molar-refractivity contribution in [1.29, 1.82) is 0 Å². The standard InChI is InChI=1S/C21H20O7/c1-14(22)21(25)12-17(27-20(24)16-10-6-3-7-11-16)18(28-21)13-26-19(23)15-8-4-2-5-9-15/h2-11,17-18,25H,12-13H2,1H3. The maximum atomic E-state index is 12.3. The Labute approximate surface area is 161 Å². The Morgan fingerprint density at radius 3 is 2.07 bits per heavy atom. The van der Waals surface area contributed by atoms with Gasteiger partial charge in [-0.15, -0.1) is 0 Å². The van der Waals surface area contributed by atoms with Gasteiger partial charge in [-0.1, -0.05) is 36.4 Å². The van der Waals surface area contributed by atoms with E-state index in [1.54, 1.807) is 60.7 Å². The Hall–Kier alpha value is -3.03. The number of rotatable bonds is 6. The van der Waals surface area contributed by atoms with Crippen molar-refractivity contribution in [3.63, 3.8) is 0 Å². The van der Waals surface area contributed by atoms with E-state index in [1.807, 2.05) is 0 Å². The molecule has 3 rings (SSSR count). The first-order valence-corrected chi connectivity index (χ1v) is 8.78. The Balaban J connectivity index is 1.69. The molecule has 0 aromatic heterocycles. The van der Waals surface area contributed by atoms with E-state index in [1.165, 1.54) is 6.92 Å². The topological polar surface area (TPSA) is 99.1 Å². The first-order valence-electron chi connectivity index (χ1n) is 8.78. The predicted octanol–water partition coefficient (Wildman–Crippen LogP) is 2.14. The highest BCUT2D eigenvalue weighted by atomic mass is 16.7. The number of aliphatic hydroxyl groups is 1. The summed E-state index contributed by atoms with van der Waals surface area (Å²) in [6.07, 6.45) is -2.17. The maximum absolute atomic E-state index is 12.3. The van der Waals surface area contributed by atoms with E-state index >= 15 is 0 Å². The quantitative estimate of drug-likeness (QED) is 0.762. The molecule has 7 nitrogen and oxygen atoms in total. The van der Waals surface area contributed by atoms with Crippen LogP contribution in [-0.4, -0.2) is 47.4 Å². The lowest BCUT2D eigenvalue weighted by Crippen LogP contribution is -2.37. The molecule has 1 saturated heterocycles. The van der Waals surface area contributed by atoms with Gasteiger partial charge >= 0.3 is 11.9 Å². The first-order chi connectivity index (χ1) is 13.4. The summed E-state index contributed by atoms with van der Waals surface area (Å²) < 4.78 is 16.0. The number of Topliss-reactive ketones (excluding diaryl/α,β-unsaturated/α-hetero) is 1. The molecule has 0 amide bonds. The molecule has 1 aliphatic heterocycles. The zero-order chi connectivity index (χ0) is 20.1. The molecule has 0 aliphatic carbocycles. The lowest BCUT2D eigenvalue weighted by atomic mass is 10.1. The summed E-state index contributed by atoms with van der Waals surface area (Å²) >= 11 is 0. The number of hydrogen-bond acceptors (Lipinski definition) is 7.